The van der Waals surface area contributed by atoms with Gasteiger partial charge in [0.05, 0.1) is 7.11 Å². The van der Waals surface area contributed by atoms with Crippen LogP contribution in [0.25, 0.3) is 0 Å². The number of hydrogen-bond donors (Lipinski definition) is 1. The van der Waals surface area contributed by atoms with Gasteiger partial charge in [-0.3, -0.25) is 4.90 Å². The lowest BCUT2D eigenvalue weighted by molar-refractivity contribution is 0.0739. The quantitative estimate of drug-likeness (QED) is 0.773. The van der Waals surface area contributed by atoms with Gasteiger partial charge >= 0.3 is 0 Å². The van der Waals surface area contributed by atoms with E-state index >= 15 is 0 Å². The summed E-state index contributed by atoms with van der Waals surface area (Å²) in [6, 6.07) is 11.6. The molecular formula is C20H26ClNO3. The van der Waals surface area contributed by atoms with Crippen molar-refractivity contribution in [2.45, 2.75) is 26.5 Å². The van der Waals surface area contributed by atoms with Gasteiger partial charge in [0.25, 0.3) is 0 Å². The molecule has 0 aliphatic rings. The van der Waals surface area contributed by atoms with E-state index in [2.05, 4.69) is 0 Å². The predicted molar refractivity (Wildman–Crippen MR) is 102 cm³/mol. The maximum Gasteiger partial charge on any atom is 0.123 e. The normalized spacial score (nSPS) is 12.3. The minimum absolute atomic E-state index is 0.251. The van der Waals surface area contributed by atoms with E-state index in [1.165, 1.54) is 0 Å². The van der Waals surface area contributed by atoms with E-state index in [0.29, 0.717) is 18.1 Å². The molecule has 0 amide bonds. The molecule has 0 bridgehead atoms. The Balaban J connectivity index is 1.89. The highest BCUT2D eigenvalue weighted by Gasteiger charge is 2.13. The Morgan fingerprint density at radius 2 is 1.88 bits per heavy atom. The van der Waals surface area contributed by atoms with Gasteiger partial charge in [-0.05, 0) is 56.3 Å². The Bertz CT molecular complexity index is 705. The van der Waals surface area contributed by atoms with Crippen molar-refractivity contribution in [3.8, 4) is 11.5 Å². The molecule has 2 rings (SSSR count). The van der Waals surface area contributed by atoms with E-state index in [1.54, 1.807) is 13.2 Å². The minimum atomic E-state index is -0.588. The fourth-order valence-electron chi connectivity index (χ4n) is 2.69. The first-order valence-electron chi connectivity index (χ1n) is 8.28. The molecule has 0 aliphatic carbocycles. The van der Waals surface area contributed by atoms with E-state index < -0.39 is 6.10 Å². The van der Waals surface area contributed by atoms with E-state index in [-0.39, 0.29) is 6.61 Å². The predicted octanol–water partition coefficient (Wildman–Crippen LogP) is 3.84. The van der Waals surface area contributed by atoms with Crippen molar-refractivity contribution in [3.05, 3.63) is 58.1 Å². The molecule has 0 unspecified atom stereocenters. The van der Waals surface area contributed by atoms with Crippen molar-refractivity contribution in [1.82, 2.24) is 4.90 Å². The van der Waals surface area contributed by atoms with Gasteiger partial charge < -0.3 is 14.6 Å². The second-order valence-corrected chi connectivity index (χ2v) is 6.82. The van der Waals surface area contributed by atoms with Crippen molar-refractivity contribution >= 4 is 11.6 Å². The van der Waals surface area contributed by atoms with Gasteiger partial charge in [0, 0.05) is 23.7 Å². The van der Waals surface area contributed by atoms with Crippen LogP contribution in [0.1, 0.15) is 16.7 Å². The number of ether oxygens (including phenoxy) is 2. The summed E-state index contributed by atoms with van der Waals surface area (Å²) in [5.74, 6) is 1.61. The Hall–Kier alpha value is -1.75. The van der Waals surface area contributed by atoms with E-state index in [1.807, 2.05) is 56.1 Å². The van der Waals surface area contributed by atoms with Crippen LogP contribution in [0, 0.1) is 13.8 Å². The summed E-state index contributed by atoms with van der Waals surface area (Å²) in [6.45, 7) is 5.39. The first-order valence-corrected chi connectivity index (χ1v) is 8.66. The van der Waals surface area contributed by atoms with Gasteiger partial charge in [0.15, 0.2) is 0 Å². The van der Waals surface area contributed by atoms with Crippen LogP contribution >= 0.6 is 11.6 Å². The number of aryl methyl sites for hydroxylation is 2. The summed E-state index contributed by atoms with van der Waals surface area (Å²) in [6.07, 6.45) is -0.588. The van der Waals surface area contributed by atoms with E-state index in [9.17, 15) is 5.11 Å². The highest BCUT2D eigenvalue weighted by molar-refractivity contribution is 6.30. The largest absolute Gasteiger partial charge is 0.496 e. The lowest BCUT2D eigenvalue weighted by atomic mass is 10.1. The zero-order valence-corrected chi connectivity index (χ0v) is 16.0. The lowest BCUT2D eigenvalue weighted by Gasteiger charge is -2.22. The van der Waals surface area contributed by atoms with E-state index in [4.69, 9.17) is 21.1 Å². The Morgan fingerprint density at radius 1 is 1.12 bits per heavy atom. The van der Waals surface area contributed by atoms with E-state index in [0.717, 1.165) is 28.2 Å². The Morgan fingerprint density at radius 3 is 2.60 bits per heavy atom. The highest BCUT2D eigenvalue weighted by atomic mass is 35.5. The van der Waals surface area contributed by atoms with Gasteiger partial charge in [0.2, 0.25) is 0 Å². The molecule has 2 aromatic rings. The van der Waals surface area contributed by atoms with Crippen LogP contribution in [0.15, 0.2) is 36.4 Å². The molecule has 0 spiro atoms. The summed E-state index contributed by atoms with van der Waals surface area (Å²) in [4.78, 5) is 2.02. The Labute approximate surface area is 154 Å². The maximum atomic E-state index is 10.3. The first-order chi connectivity index (χ1) is 11.9. The smallest absolute Gasteiger partial charge is 0.123 e. The molecule has 5 heteroatoms. The number of hydrogen-bond acceptors (Lipinski definition) is 4. The second-order valence-electron chi connectivity index (χ2n) is 6.39. The fourth-order valence-corrected chi connectivity index (χ4v) is 2.88. The zero-order valence-electron chi connectivity index (χ0n) is 15.3. The lowest BCUT2D eigenvalue weighted by Crippen LogP contribution is -2.33. The number of halogens is 1. The van der Waals surface area contributed by atoms with Crippen LogP contribution in [0.3, 0.4) is 0 Å². The number of aliphatic hydroxyl groups excluding tert-OH is 1. The molecule has 1 N–H and O–H groups in total. The standard InChI is InChI=1S/C20H26ClNO3/c1-14-5-6-15(2)20(9-14)25-13-18(23)12-22(3)11-16-10-17(21)7-8-19(16)24-4/h5-10,18,23H,11-13H2,1-4H3/t18-/m0/s1. The number of methoxy groups -OCH3 is 1. The average molecular weight is 364 g/mol. The van der Waals surface area contributed by atoms with Gasteiger partial charge in [0.1, 0.15) is 24.2 Å². The molecule has 0 saturated heterocycles. The minimum Gasteiger partial charge on any atom is -0.496 e. The molecule has 4 nitrogen and oxygen atoms in total. The maximum absolute atomic E-state index is 10.3. The molecular weight excluding hydrogens is 338 g/mol. The molecule has 136 valence electrons. The third kappa shape index (κ3) is 5.92. The molecule has 1 atom stereocenters. The fraction of sp³-hybridized carbons (Fsp3) is 0.400. The number of benzene rings is 2. The molecule has 25 heavy (non-hydrogen) atoms. The third-order valence-electron chi connectivity index (χ3n) is 3.98. The SMILES string of the molecule is COc1ccc(Cl)cc1CN(C)C[C@H](O)COc1cc(C)ccc1C. The van der Waals surface area contributed by atoms with Crippen molar-refractivity contribution in [1.29, 1.82) is 0 Å². The summed E-state index contributed by atoms with van der Waals surface area (Å²) in [5, 5.41) is 10.9. The first kappa shape index (κ1) is 19.6. The van der Waals surface area contributed by atoms with Crippen LogP contribution in [0.5, 0.6) is 11.5 Å². The number of rotatable bonds is 8. The molecule has 0 heterocycles. The molecule has 0 aliphatic heterocycles. The molecule has 0 fully saturated rings. The highest BCUT2D eigenvalue weighted by Crippen LogP contribution is 2.24. The van der Waals surface area contributed by atoms with Crippen LogP contribution < -0.4 is 9.47 Å². The van der Waals surface area contributed by atoms with Crippen LogP contribution in [0.4, 0.5) is 0 Å². The van der Waals surface area contributed by atoms with Gasteiger partial charge in [-0.2, -0.15) is 0 Å². The van der Waals surface area contributed by atoms with Gasteiger partial charge in [-0.1, -0.05) is 23.7 Å². The number of aliphatic hydroxyl groups is 1. The topological polar surface area (TPSA) is 41.9 Å². The van der Waals surface area contributed by atoms with Crippen molar-refractivity contribution < 1.29 is 14.6 Å². The third-order valence-corrected chi connectivity index (χ3v) is 4.22. The summed E-state index contributed by atoms with van der Waals surface area (Å²) in [7, 11) is 3.58. The van der Waals surface area contributed by atoms with Crippen molar-refractivity contribution in [2.24, 2.45) is 0 Å². The summed E-state index contributed by atoms with van der Waals surface area (Å²) < 4.78 is 11.1. The monoisotopic (exact) mass is 363 g/mol. The summed E-state index contributed by atoms with van der Waals surface area (Å²) in [5.41, 5.74) is 3.19. The number of likely N-dealkylation sites (N-methyl/N-ethyl adjacent to an activating group) is 1. The second kappa shape index (κ2) is 9.09. The Kier molecular flexibility index (Phi) is 7.12. The number of nitrogens with zero attached hydrogens (tertiary/aromatic N) is 1. The van der Waals surface area contributed by atoms with Crippen LogP contribution in [-0.4, -0.2) is 43.4 Å². The molecule has 0 aromatic heterocycles. The van der Waals surface area contributed by atoms with Crippen LogP contribution in [-0.2, 0) is 6.54 Å². The average Bonchev–Trinajstić information content (AvgIpc) is 2.56. The van der Waals surface area contributed by atoms with Gasteiger partial charge in [-0.25, -0.2) is 0 Å². The van der Waals surface area contributed by atoms with Crippen molar-refractivity contribution in [3.63, 3.8) is 0 Å². The molecule has 0 radical (unpaired) electrons. The van der Waals surface area contributed by atoms with Crippen molar-refractivity contribution in [2.75, 3.05) is 27.3 Å². The zero-order chi connectivity index (χ0) is 18.4. The molecule has 2 aromatic carbocycles. The summed E-state index contributed by atoms with van der Waals surface area (Å²) >= 11 is 6.06. The molecule has 0 saturated carbocycles. The van der Waals surface area contributed by atoms with Gasteiger partial charge in [-0.15, -0.1) is 0 Å². The van der Waals surface area contributed by atoms with Crippen LogP contribution in [0.2, 0.25) is 5.02 Å².